The lowest BCUT2D eigenvalue weighted by Crippen LogP contribution is -2.20. The summed E-state index contributed by atoms with van der Waals surface area (Å²) in [6.45, 7) is 3.97. The molecule has 0 aromatic heterocycles. The molecule has 0 radical (unpaired) electrons. The van der Waals surface area contributed by atoms with Crippen molar-refractivity contribution in [3.63, 3.8) is 0 Å². The molecule has 110 valence electrons. The van der Waals surface area contributed by atoms with Crippen LogP contribution >= 0.6 is 0 Å². The van der Waals surface area contributed by atoms with Crippen molar-refractivity contribution in [3.05, 3.63) is 53.6 Å². The number of rotatable bonds is 5. The molecule has 2 rings (SSSR count). The van der Waals surface area contributed by atoms with Crippen molar-refractivity contribution in [1.29, 1.82) is 0 Å². The first-order valence-corrected chi connectivity index (χ1v) is 6.73. The first kappa shape index (κ1) is 14.9. The minimum atomic E-state index is -0.193. The van der Waals surface area contributed by atoms with Crippen LogP contribution in [0.15, 0.2) is 42.5 Å². The minimum absolute atomic E-state index is 0.0175. The van der Waals surface area contributed by atoms with E-state index < -0.39 is 0 Å². The fourth-order valence-corrected chi connectivity index (χ4v) is 1.90. The Balaban J connectivity index is 1.91. The molecule has 0 spiro atoms. The van der Waals surface area contributed by atoms with Gasteiger partial charge < -0.3 is 14.8 Å². The molecular weight excluding hydrogens is 266 g/mol. The van der Waals surface area contributed by atoms with Crippen LogP contribution in [0.2, 0.25) is 0 Å². The van der Waals surface area contributed by atoms with Gasteiger partial charge in [0.05, 0.1) is 7.11 Å². The summed E-state index contributed by atoms with van der Waals surface area (Å²) in [4.78, 5) is 11.9. The van der Waals surface area contributed by atoms with Crippen LogP contribution in [0.4, 0.5) is 5.69 Å². The largest absolute Gasteiger partial charge is 0.497 e. The van der Waals surface area contributed by atoms with Gasteiger partial charge in [-0.2, -0.15) is 0 Å². The monoisotopic (exact) mass is 285 g/mol. The van der Waals surface area contributed by atoms with Crippen LogP contribution in [0.25, 0.3) is 0 Å². The number of nitrogens with one attached hydrogen (secondary N) is 1. The summed E-state index contributed by atoms with van der Waals surface area (Å²) < 4.78 is 10.6. The lowest BCUT2D eigenvalue weighted by molar-refractivity contribution is -0.118. The SMILES string of the molecule is COc1ccc(NC(=O)COc2cccc(C)c2C)cc1. The molecule has 2 aromatic carbocycles. The van der Waals surface area contributed by atoms with Crippen molar-refractivity contribution in [2.75, 3.05) is 19.0 Å². The Morgan fingerprint density at radius 1 is 1.10 bits per heavy atom. The van der Waals surface area contributed by atoms with Crippen LogP contribution in [0.5, 0.6) is 11.5 Å². The van der Waals surface area contributed by atoms with Gasteiger partial charge in [0.1, 0.15) is 11.5 Å². The molecule has 0 aliphatic heterocycles. The van der Waals surface area contributed by atoms with Gasteiger partial charge >= 0.3 is 0 Å². The molecule has 1 N–H and O–H groups in total. The molecule has 0 saturated heterocycles. The van der Waals surface area contributed by atoms with Gasteiger partial charge in [0.2, 0.25) is 0 Å². The Labute approximate surface area is 124 Å². The molecule has 0 saturated carbocycles. The van der Waals surface area contributed by atoms with Crippen molar-refractivity contribution >= 4 is 11.6 Å². The number of aryl methyl sites for hydroxylation is 1. The predicted molar refractivity (Wildman–Crippen MR) is 83.0 cm³/mol. The summed E-state index contributed by atoms with van der Waals surface area (Å²) >= 11 is 0. The third kappa shape index (κ3) is 3.99. The lowest BCUT2D eigenvalue weighted by Gasteiger charge is -2.11. The van der Waals surface area contributed by atoms with Crippen LogP contribution < -0.4 is 14.8 Å². The van der Waals surface area contributed by atoms with Gasteiger partial charge in [0, 0.05) is 5.69 Å². The second-order valence-electron chi connectivity index (χ2n) is 4.76. The zero-order valence-electron chi connectivity index (χ0n) is 12.5. The van der Waals surface area contributed by atoms with Gasteiger partial charge in [-0.3, -0.25) is 4.79 Å². The Kier molecular flexibility index (Phi) is 4.82. The number of methoxy groups -OCH3 is 1. The average molecular weight is 285 g/mol. The van der Waals surface area contributed by atoms with E-state index in [9.17, 15) is 4.79 Å². The number of amides is 1. The van der Waals surface area contributed by atoms with Crippen molar-refractivity contribution < 1.29 is 14.3 Å². The summed E-state index contributed by atoms with van der Waals surface area (Å²) in [5.74, 6) is 1.29. The summed E-state index contributed by atoms with van der Waals surface area (Å²) in [5, 5.41) is 2.78. The van der Waals surface area contributed by atoms with Gasteiger partial charge in [-0.05, 0) is 55.3 Å². The van der Waals surface area contributed by atoms with E-state index in [1.807, 2.05) is 32.0 Å². The molecule has 0 unspecified atom stereocenters. The van der Waals surface area contributed by atoms with Crippen LogP contribution in [0.3, 0.4) is 0 Å². The van der Waals surface area contributed by atoms with E-state index in [1.165, 1.54) is 0 Å². The predicted octanol–water partition coefficient (Wildman–Crippen LogP) is 3.33. The zero-order chi connectivity index (χ0) is 15.2. The molecule has 0 aliphatic carbocycles. The number of hydrogen-bond donors (Lipinski definition) is 1. The Morgan fingerprint density at radius 2 is 1.81 bits per heavy atom. The second kappa shape index (κ2) is 6.79. The van der Waals surface area contributed by atoms with E-state index in [0.717, 1.165) is 22.6 Å². The van der Waals surface area contributed by atoms with Gasteiger partial charge in [-0.1, -0.05) is 12.1 Å². The summed E-state index contributed by atoms with van der Waals surface area (Å²) in [6.07, 6.45) is 0. The maximum absolute atomic E-state index is 11.9. The van der Waals surface area contributed by atoms with E-state index >= 15 is 0 Å². The van der Waals surface area contributed by atoms with Crippen LogP contribution in [-0.2, 0) is 4.79 Å². The van der Waals surface area contributed by atoms with E-state index in [2.05, 4.69) is 5.32 Å². The van der Waals surface area contributed by atoms with Crippen LogP contribution in [0, 0.1) is 13.8 Å². The normalized spacial score (nSPS) is 10.0. The molecule has 21 heavy (non-hydrogen) atoms. The molecular formula is C17H19NO3. The fraction of sp³-hybridized carbons (Fsp3) is 0.235. The minimum Gasteiger partial charge on any atom is -0.497 e. The highest BCUT2D eigenvalue weighted by atomic mass is 16.5. The number of ether oxygens (including phenoxy) is 2. The number of hydrogen-bond acceptors (Lipinski definition) is 3. The van der Waals surface area contributed by atoms with Gasteiger partial charge in [-0.15, -0.1) is 0 Å². The van der Waals surface area contributed by atoms with Crippen molar-refractivity contribution in [2.24, 2.45) is 0 Å². The van der Waals surface area contributed by atoms with E-state index in [4.69, 9.17) is 9.47 Å². The first-order chi connectivity index (χ1) is 10.1. The summed E-state index contributed by atoms with van der Waals surface area (Å²) in [5.41, 5.74) is 2.91. The molecule has 2 aromatic rings. The number of benzene rings is 2. The molecule has 0 atom stereocenters. The van der Waals surface area contributed by atoms with Gasteiger partial charge in [0.25, 0.3) is 5.91 Å². The maximum Gasteiger partial charge on any atom is 0.262 e. The standard InChI is InChI=1S/C17H19NO3/c1-12-5-4-6-16(13(12)2)21-11-17(19)18-14-7-9-15(20-3)10-8-14/h4-10H,11H2,1-3H3,(H,18,19). The van der Waals surface area contributed by atoms with Crippen molar-refractivity contribution in [2.45, 2.75) is 13.8 Å². The maximum atomic E-state index is 11.9. The molecule has 0 aliphatic rings. The van der Waals surface area contributed by atoms with E-state index in [-0.39, 0.29) is 12.5 Å². The highest BCUT2D eigenvalue weighted by Gasteiger charge is 2.06. The van der Waals surface area contributed by atoms with Crippen LogP contribution in [-0.4, -0.2) is 19.6 Å². The van der Waals surface area contributed by atoms with E-state index in [1.54, 1.807) is 31.4 Å². The molecule has 0 fully saturated rings. The third-order valence-corrected chi connectivity index (χ3v) is 3.29. The molecule has 4 heteroatoms. The number of carbonyl (C=O) groups excluding carboxylic acids is 1. The smallest absolute Gasteiger partial charge is 0.262 e. The average Bonchev–Trinajstić information content (AvgIpc) is 2.49. The third-order valence-electron chi connectivity index (χ3n) is 3.29. The lowest BCUT2D eigenvalue weighted by atomic mass is 10.1. The number of anilines is 1. The van der Waals surface area contributed by atoms with Gasteiger partial charge in [-0.25, -0.2) is 0 Å². The fourth-order valence-electron chi connectivity index (χ4n) is 1.90. The highest BCUT2D eigenvalue weighted by Crippen LogP contribution is 2.20. The van der Waals surface area contributed by atoms with Crippen molar-refractivity contribution in [3.8, 4) is 11.5 Å². The van der Waals surface area contributed by atoms with Gasteiger partial charge in [0.15, 0.2) is 6.61 Å². The molecule has 0 bridgehead atoms. The molecule has 4 nitrogen and oxygen atoms in total. The second-order valence-corrected chi connectivity index (χ2v) is 4.76. The summed E-state index contributed by atoms with van der Waals surface area (Å²) in [6, 6.07) is 13.0. The van der Waals surface area contributed by atoms with E-state index in [0.29, 0.717) is 5.69 Å². The van der Waals surface area contributed by atoms with Crippen molar-refractivity contribution in [1.82, 2.24) is 0 Å². The topological polar surface area (TPSA) is 47.6 Å². The first-order valence-electron chi connectivity index (χ1n) is 6.73. The molecule has 0 heterocycles. The summed E-state index contributed by atoms with van der Waals surface area (Å²) in [7, 11) is 1.60. The highest BCUT2D eigenvalue weighted by molar-refractivity contribution is 5.91. The molecule has 1 amide bonds. The Morgan fingerprint density at radius 3 is 2.48 bits per heavy atom. The Hall–Kier alpha value is -2.49. The Bertz CT molecular complexity index is 620. The quantitative estimate of drug-likeness (QED) is 0.916. The van der Waals surface area contributed by atoms with Crippen LogP contribution in [0.1, 0.15) is 11.1 Å². The number of carbonyl (C=O) groups is 1. The zero-order valence-corrected chi connectivity index (χ0v) is 12.5.